The number of aliphatic hydroxyl groups excluding tert-OH is 2. The van der Waals surface area contributed by atoms with Crippen LogP contribution in [-0.4, -0.2) is 35.8 Å². The lowest BCUT2D eigenvalue weighted by Crippen LogP contribution is -2.26. The predicted octanol–water partition coefficient (Wildman–Crippen LogP) is 1.50. The number of rotatable bonds is 3. The molecule has 0 spiro atoms. The summed E-state index contributed by atoms with van der Waals surface area (Å²) in [7, 11) is 3.95. The maximum atomic E-state index is 10.0. The molecule has 0 radical (unpaired) electrons. The molecule has 1 atom stereocenters. The van der Waals surface area contributed by atoms with Crippen LogP contribution in [0.4, 0.5) is 5.69 Å². The Morgan fingerprint density at radius 2 is 2.24 bits per heavy atom. The number of benzene rings is 1. The normalized spacial score (nSPS) is 17.6. The standard InChI is InChI=1S/C15H19N3O2S/c1-18(2)10-3-4-11(9(5-10)8-19)15-17-12-6-16-7-13(20)14(12)21-15/h3-5,13,16,19-20H,6-8H2,1-2H3. The van der Waals surface area contributed by atoms with E-state index in [9.17, 15) is 10.2 Å². The number of nitrogens with zero attached hydrogens (tertiary/aromatic N) is 2. The third-order valence-corrected chi connectivity index (χ3v) is 4.90. The summed E-state index contributed by atoms with van der Waals surface area (Å²) in [6, 6.07) is 5.99. The minimum atomic E-state index is -0.487. The van der Waals surface area contributed by atoms with Crippen molar-refractivity contribution in [2.45, 2.75) is 19.3 Å². The van der Waals surface area contributed by atoms with Crippen LogP contribution in [0.15, 0.2) is 18.2 Å². The monoisotopic (exact) mass is 305 g/mol. The zero-order valence-electron chi connectivity index (χ0n) is 12.1. The van der Waals surface area contributed by atoms with E-state index >= 15 is 0 Å². The van der Waals surface area contributed by atoms with Crippen LogP contribution in [0, 0.1) is 0 Å². The van der Waals surface area contributed by atoms with E-state index < -0.39 is 6.10 Å². The fourth-order valence-electron chi connectivity index (χ4n) is 2.48. The van der Waals surface area contributed by atoms with Crippen LogP contribution in [0.1, 0.15) is 22.2 Å². The number of hydrogen-bond acceptors (Lipinski definition) is 6. The second-order valence-electron chi connectivity index (χ2n) is 5.37. The van der Waals surface area contributed by atoms with Gasteiger partial charge in [-0.25, -0.2) is 4.98 Å². The van der Waals surface area contributed by atoms with Crippen molar-refractivity contribution in [2.24, 2.45) is 0 Å². The van der Waals surface area contributed by atoms with Crippen LogP contribution >= 0.6 is 11.3 Å². The first kappa shape index (κ1) is 14.5. The molecule has 0 fully saturated rings. The first-order chi connectivity index (χ1) is 10.1. The molecule has 0 amide bonds. The van der Waals surface area contributed by atoms with Crippen LogP contribution in [0.3, 0.4) is 0 Å². The van der Waals surface area contributed by atoms with Gasteiger partial charge in [-0.1, -0.05) is 0 Å². The van der Waals surface area contributed by atoms with E-state index in [1.807, 2.05) is 37.2 Å². The van der Waals surface area contributed by atoms with Gasteiger partial charge < -0.3 is 20.4 Å². The van der Waals surface area contributed by atoms with Gasteiger partial charge in [-0.3, -0.25) is 0 Å². The van der Waals surface area contributed by atoms with Crippen LogP contribution in [-0.2, 0) is 13.2 Å². The second kappa shape index (κ2) is 5.73. The summed E-state index contributed by atoms with van der Waals surface area (Å²) in [6.45, 7) is 1.23. The van der Waals surface area contributed by atoms with E-state index in [1.165, 1.54) is 11.3 Å². The van der Waals surface area contributed by atoms with E-state index in [0.29, 0.717) is 13.1 Å². The molecule has 3 N–H and O–H groups in total. The molecule has 1 aliphatic heterocycles. The maximum Gasteiger partial charge on any atom is 0.124 e. The van der Waals surface area contributed by atoms with Gasteiger partial charge in [0.15, 0.2) is 0 Å². The molecule has 1 unspecified atom stereocenters. The summed E-state index contributed by atoms with van der Waals surface area (Å²) < 4.78 is 0. The van der Waals surface area contributed by atoms with Crippen molar-refractivity contribution in [1.82, 2.24) is 10.3 Å². The fraction of sp³-hybridized carbons (Fsp3) is 0.400. The summed E-state index contributed by atoms with van der Waals surface area (Å²) >= 11 is 1.51. The molecule has 1 aliphatic rings. The van der Waals surface area contributed by atoms with E-state index in [0.717, 1.165) is 32.4 Å². The highest BCUT2D eigenvalue weighted by Gasteiger charge is 2.23. The molecule has 21 heavy (non-hydrogen) atoms. The molecule has 1 aromatic carbocycles. The number of thiazole rings is 1. The zero-order chi connectivity index (χ0) is 15.0. The highest BCUT2D eigenvalue weighted by Crippen LogP contribution is 2.36. The van der Waals surface area contributed by atoms with Crippen molar-refractivity contribution in [3.63, 3.8) is 0 Å². The van der Waals surface area contributed by atoms with Crippen LogP contribution < -0.4 is 10.2 Å². The summed E-state index contributed by atoms with van der Waals surface area (Å²) in [6.07, 6.45) is -0.487. The lowest BCUT2D eigenvalue weighted by atomic mass is 10.1. The second-order valence-corrected chi connectivity index (χ2v) is 6.40. The Balaban J connectivity index is 2.04. The number of aliphatic hydroxyl groups is 2. The van der Waals surface area contributed by atoms with Crippen molar-refractivity contribution in [3.8, 4) is 10.6 Å². The van der Waals surface area contributed by atoms with Crippen molar-refractivity contribution in [1.29, 1.82) is 0 Å². The molecule has 0 bridgehead atoms. The van der Waals surface area contributed by atoms with E-state index in [4.69, 9.17) is 0 Å². The topological polar surface area (TPSA) is 68.6 Å². The first-order valence-electron chi connectivity index (χ1n) is 6.90. The first-order valence-corrected chi connectivity index (χ1v) is 7.71. The van der Waals surface area contributed by atoms with E-state index in [-0.39, 0.29) is 6.61 Å². The maximum absolute atomic E-state index is 10.0. The van der Waals surface area contributed by atoms with Crippen LogP contribution in [0.25, 0.3) is 10.6 Å². The van der Waals surface area contributed by atoms with Crippen molar-refractivity contribution < 1.29 is 10.2 Å². The van der Waals surface area contributed by atoms with Crippen molar-refractivity contribution in [2.75, 3.05) is 25.5 Å². The summed E-state index contributed by atoms with van der Waals surface area (Å²) in [5, 5.41) is 23.7. The molecule has 5 nitrogen and oxygen atoms in total. The molecule has 112 valence electrons. The fourth-order valence-corrected chi connectivity index (χ4v) is 3.61. The summed E-state index contributed by atoms with van der Waals surface area (Å²) in [5.41, 5.74) is 3.75. The van der Waals surface area contributed by atoms with Gasteiger partial charge in [-0.05, 0) is 23.8 Å². The number of β-amino-alcohol motifs (C(OH)–C–C–N with tert-alkyl or cyclic N) is 1. The Kier molecular flexibility index (Phi) is 3.95. The minimum Gasteiger partial charge on any atom is -0.392 e. The SMILES string of the molecule is CN(C)c1ccc(-c2nc3c(s2)C(O)CNC3)c(CO)c1. The molecular formula is C15H19N3O2S. The van der Waals surface area contributed by atoms with Gasteiger partial charge in [-0.15, -0.1) is 11.3 Å². The smallest absolute Gasteiger partial charge is 0.124 e. The van der Waals surface area contributed by atoms with E-state index in [1.54, 1.807) is 0 Å². The zero-order valence-corrected chi connectivity index (χ0v) is 12.9. The molecule has 0 aliphatic carbocycles. The number of nitrogens with one attached hydrogen (secondary N) is 1. The van der Waals surface area contributed by atoms with Gasteiger partial charge >= 0.3 is 0 Å². The van der Waals surface area contributed by atoms with Gasteiger partial charge in [0.2, 0.25) is 0 Å². The third-order valence-electron chi connectivity index (χ3n) is 3.67. The quantitative estimate of drug-likeness (QED) is 0.802. The Morgan fingerprint density at radius 3 is 2.90 bits per heavy atom. The Hall–Kier alpha value is -1.47. The minimum absolute atomic E-state index is 0.0257. The van der Waals surface area contributed by atoms with Crippen LogP contribution in [0.2, 0.25) is 0 Å². The number of aromatic nitrogens is 1. The molecule has 3 rings (SSSR count). The molecule has 1 aromatic heterocycles. The number of hydrogen-bond donors (Lipinski definition) is 3. The van der Waals surface area contributed by atoms with E-state index in [2.05, 4.69) is 10.3 Å². The summed E-state index contributed by atoms with van der Waals surface area (Å²) in [4.78, 5) is 7.56. The summed E-state index contributed by atoms with van der Waals surface area (Å²) in [5.74, 6) is 0. The molecule has 2 heterocycles. The highest BCUT2D eigenvalue weighted by molar-refractivity contribution is 7.15. The molecule has 0 saturated carbocycles. The number of anilines is 1. The van der Waals surface area contributed by atoms with Gasteiger partial charge in [0, 0.05) is 38.4 Å². The average molecular weight is 305 g/mol. The van der Waals surface area contributed by atoms with Crippen molar-refractivity contribution in [3.05, 3.63) is 34.3 Å². The lowest BCUT2D eigenvalue weighted by molar-refractivity contribution is 0.168. The molecular weight excluding hydrogens is 286 g/mol. The molecule has 0 saturated heterocycles. The third kappa shape index (κ3) is 2.67. The Labute approximate surface area is 127 Å². The van der Waals surface area contributed by atoms with Gasteiger partial charge in [0.25, 0.3) is 0 Å². The lowest BCUT2D eigenvalue weighted by Gasteiger charge is -2.16. The largest absolute Gasteiger partial charge is 0.392 e. The predicted molar refractivity (Wildman–Crippen MR) is 84.5 cm³/mol. The Morgan fingerprint density at radius 1 is 1.43 bits per heavy atom. The van der Waals surface area contributed by atoms with Crippen molar-refractivity contribution >= 4 is 17.0 Å². The molecule has 2 aromatic rings. The van der Waals surface area contributed by atoms with Gasteiger partial charge in [0.1, 0.15) is 11.1 Å². The average Bonchev–Trinajstić information content (AvgIpc) is 2.91. The highest BCUT2D eigenvalue weighted by atomic mass is 32.1. The van der Waals surface area contributed by atoms with Crippen LogP contribution in [0.5, 0.6) is 0 Å². The molecule has 6 heteroatoms. The van der Waals surface area contributed by atoms with Gasteiger partial charge in [0.05, 0.1) is 17.2 Å². The van der Waals surface area contributed by atoms with Gasteiger partial charge in [-0.2, -0.15) is 0 Å². The Bertz CT molecular complexity index is 654. The number of fused-ring (bicyclic) bond motifs is 1.